The lowest BCUT2D eigenvalue weighted by atomic mass is 10.4. The molecule has 0 saturated heterocycles. The van der Waals surface area contributed by atoms with Crippen LogP contribution in [0.15, 0.2) is 24.7 Å². The predicted molar refractivity (Wildman–Crippen MR) is 53.0 cm³/mol. The maximum Gasteiger partial charge on any atom is 0.222 e. The summed E-state index contributed by atoms with van der Waals surface area (Å²) in [6, 6.07) is 1.88. The minimum atomic E-state index is 0.525. The van der Waals surface area contributed by atoms with Crippen LogP contribution in [0.5, 0.6) is 0 Å². The number of hydrogen-bond donors (Lipinski definition) is 2. The van der Waals surface area contributed by atoms with Crippen LogP contribution in [-0.4, -0.2) is 20.2 Å². The van der Waals surface area contributed by atoms with Gasteiger partial charge in [0.2, 0.25) is 5.95 Å². The number of halogens is 1. The van der Waals surface area contributed by atoms with Gasteiger partial charge in [-0.3, -0.25) is 5.10 Å². The van der Waals surface area contributed by atoms with Crippen LogP contribution in [0.3, 0.4) is 0 Å². The highest BCUT2D eigenvalue weighted by molar-refractivity contribution is 6.30. The van der Waals surface area contributed by atoms with Crippen molar-refractivity contribution in [2.45, 2.75) is 6.54 Å². The first kappa shape index (κ1) is 8.96. The lowest BCUT2D eigenvalue weighted by molar-refractivity contribution is 0.961. The van der Waals surface area contributed by atoms with E-state index in [4.69, 9.17) is 11.6 Å². The molecule has 0 aliphatic rings. The van der Waals surface area contributed by atoms with E-state index >= 15 is 0 Å². The molecule has 0 bridgehead atoms. The first-order chi connectivity index (χ1) is 6.84. The molecule has 0 aliphatic heterocycles. The average Bonchev–Trinajstić information content (AvgIpc) is 2.70. The van der Waals surface area contributed by atoms with Gasteiger partial charge in [-0.05, 0) is 6.07 Å². The van der Waals surface area contributed by atoms with E-state index in [1.165, 1.54) is 0 Å². The van der Waals surface area contributed by atoms with E-state index in [9.17, 15) is 0 Å². The third-order valence-corrected chi connectivity index (χ3v) is 1.81. The van der Waals surface area contributed by atoms with Crippen molar-refractivity contribution in [2.75, 3.05) is 5.32 Å². The maximum absolute atomic E-state index is 5.64. The SMILES string of the molecule is Clc1cnc(NCc2ccn[nH]2)nc1. The number of anilines is 1. The molecule has 0 unspecified atom stereocenters. The van der Waals surface area contributed by atoms with E-state index in [-0.39, 0.29) is 0 Å². The summed E-state index contributed by atoms with van der Waals surface area (Å²) in [6.45, 7) is 0.613. The number of H-pyrrole nitrogens is 1. The minimum Gasteiger partial charge on any atom is -0.349 e. The summed E-state index contributed by atoms with van der Waals surface area (Å²) in [6.07, 6.45) is 4.79. The summed E-state index contributed by atoms with van der Waals surface area (Å²) in [5.74, 6) is 0.545. The van der Waals surface area contributed by atoms with Crippen LogP contribution < -0.4 is 5.32 Å². The molecule has 2 rings (SSSR count). The quantitative estimate of drug-likeness (QED) is 0.804. The Bertz CT molecular complexity index is 383. The second-order valence-electron chi connectivity index (χ2n) is 2.66. The zero-order valence-electron chi connectivity index (χ0n) is 7.24. The van der Waals surface area contributed by atoms with Gasteiger partial charge in [0.25, 0.3) is 0 Å². The number of rotatable bonds is 3. The van der Waals surface area contributed by atoms with Crippen LogP contribution in [0.1, 0.15) is 5.69 Å². The second-order valence-corrected chi connectivity index (χ2v) is 3.10. The average molecular weight is 210 g/mol. The van der Waals surface area contributed by atoms with Gasteiger partial charge in [0, 0.05) is 6.20 Å². The molecule has 2 heterocycles. The highest BCUT2D eigenvalue weighted by atomic mass is 35.5. The Morgan fingerprint density at radius 2 is 2.14 bits per heavy atom. The van der Waals surface area contributed by atoms with Gasteiger partial charge in [-0.15, -0.1) is 0 Å². The van der Waals surface area contributed by atoms with Gasteiger partial charge in [-0.25, -0.2) is 9.97 Å². The van der Waals surface area contributed by atoms with Gasteiger partial charge in [-0.2, -0.15) is 5.10 Å². The van der Waals surface area contributed by atoms with Crippen LogP contribution in [0.2, 0.25) is 5.02 Å². The molecule has 0 saturated carbocycles. The van der Waals surface area contributed by atoms with Crippen molar-refractivity contribution < 1.29 is 0 Å². The Labute approximate surface area is 85.5 Å². The van der Waals surface area contributed by atoms with Crippen molar-refractivity contribution in [1.82, 2.24) is 20.2 Å². The molecule has 0 amide bonds. The van der Waals surface area contributed by atoms with Gasteiger partial charge < -0.3 is 5.32 Å². The summed E-state index contributed by atoms with van der Waals surface area (Å²) >= 11 is 5.64. The summed E-state index contributed by atoms with van der Waals surface area (Å²) in [4.78, 5) is 7.98. The van der Waals surface area contributed by atoms with Gasteiger partial charge >= 0.3 is 0 Å². The van der Waals surface area contributed by atoms with Crippen LogP contribution in [0.4, 0.5) is 5.95 Å². The van der Waals surface area contributed by atoms with Crippen molar-refractivity contribution in [1.29, 1.82) is 0 Å². The monoisotopic (exact) mass is 209 g/mol. The second kappa shape index (κ2) is 4.06. The lowest BCUT2D eigenvalue weighted by Crippen LogP contribution is -2.03. The molecule has 0 aliphatic carbocycles. The molecule has 6 heteroatoms. The Kier molecular flexibility index (Phi) is 2.60. The van der Waals surface area contributed by atoms with Gasteiger partial charge in [-0.1, -0.05) is 11.6 Å². The van der Waals surface area contributed by atoms with Gasteiger partial charge in [0.05, 0.1) is 29.7 Å². The fraction of sp³-hybridized carbons (Fsp3) is 0.125. The molecule has 2 aromatic heterocycles. The number of hydrogen-bond acceptors (Lipinski definition) is 4. The fourth-order valence-corrected chi connectivity index (χ4v) is 1.06. The zero-order valence-corrected chi connectivity index (χ0v) is 7.99. The van der Waals surface area contributed by atoms with E-state index < -0.39 is 0 Å². The highest BCUT2D eigenvalue weighted by Gasteiger charge is 1.96. The third kappa shape index (κ3) is 2.20. The van der Waals surface area contributed by atoms with Gasteiger partial charge in [0.1, 0.15) is 0 Å². The smallest absolute Gasteiger partial charge is 0.222 e. The molecule has 14 heavy (non-hydrogen) atoms. The maximum atomic E-state index is 5.64. The highest BCUT2D eigenvalue weighted by Crippen LogP contribution is 2.06. The number of aromatic amines is 1. The predicted octanol–water partition coefficient (Wildman–Crippen LogP) is 1.47. The van der Waals surface area contributed by atoms with Crippen molar-refractivity contribution in [2.24, 2.45) is 0 Å². The molecule has 0 radical (unpaired) electrons. The zero-order chi connectivity index (χ0) is 9.80. The fourth-order valence-electron chi connectivity index (χ4n) is 0.961. The van der Waals surface area contributed by atoms with Crippen molar-refractivity contribution in [3.63, 3.8) is 0 Å². The first-order valence-corrected chi connectivity index (χ1v) is 4.42. The van der Waals surface area contributed by atoms with Crippen molar-refractivity contribution in [3.8, 4) is 0 Å². The van der Waals surface area contributed by atoms with Gasteiger partial charge in [0.15, 0.2) is 0 Å². The molecule has 2 aromatic rings. The molecule has 5 nitrogen and oxygen atoms in total. The summed E-state index contributed by atoms with van der Waals surface area (Å²) in [7, 11) is 0. The third-order valence-electron chi connectivity index (χ3n) is 1.62. The molecule has 0 spiro atoms. The normalized spacial score (nSPS) is 10.1. The van der Waals surface area contributed by atoms with Crippen LogP contribution in [0.25, 0.3) is 0 Å². The topological polar surface area (TPSA) is 66.5 Å². The molecule has 0 aromatic carbocycles. The van der Waals surface area contributed by atoms with Crippen molar-refractivity contribution in [3.05, 3.63) is 35.4 Å². The summed E-state index contributed by atoms with van der Waals surface area (Å²) in [5, 5.41) is 10.2. The number of nitrogens with one attached hydrogen (secondary N) is 2. The Morgan fingerprint density at radius 3 is 2.79 bits per heavy atom. The van der Waals surface area contributed by atoms with E-state index in [0.717, 1.165) is 5.69 Å². The molecule has 0 fully saturated rings. The standard InChI is InChI=1S/C8H8ClN5/c9-6-3-10-8(11-4-6)12-5-7-1-2-13-14-7/h1-4H,5H2,(H,13,14)(H,10,11,12). The van der Waals surface area contributed by atoms with Crippen LogP contribution >= 0.6 is 11.6 Å². The minimum absolute atomic E-state index is 0.525. The molecule has 0 atom stereocenters. The summed E-state index contributed by atoms with van der Waals surface area (Å²) < 4.78 is 0. The van der Waals surface area contributed by atoms with E-state index in [1.807, 2.05) is 6.07 Å². The largest absolute Gasteiger partial charge is 0.349 e. The van der Waals surface area contributed by atoms with Crippen molar-refractivity contribution >= 4 is 17.5 Å². The first-order valence-electron chi connectivity index (χ1n) is 4.04. The Hall–Kier alpha value is -1.62. The Morgan fingerprint density at radius 1 is 1.36 bits per heavy atom. The summed E-state index contributed by atoms with van der Waals surface area (Å²) in [5.41, 5.74) is 0.976. The van der Waals surface area contributed by atoms with Crippen LogP contribution in [-0.2, 0) is 6.54 Å². The molecular weight excluding hydrogens is 202 g/mol. The molecular formula is C8H8ClN5. The lowest BCUT2D eigenvalue weighted by Gasteiger charge is -2.01. The number of nitrogens with zero attached hydrogens (tertiary/aromatic N) is 3. The van der Waals surface area contributed by atoms with Crippen LogP contribution in [0, 0.1) is 0 Å². The van der Waals surface area contributed by atoms with E-state index in [1.54, 1.807) is 18.6 Å². The van der Waals surface area contributed by atoms with E-state index in [2.05, 4.69) is 25.5 Å². The Balaban J connectivity index is 1.95. The molecule has 2 N–H and O–H groups in total. The molecule has 72 valence electrons. The number of aromatic nitrogens is 4. The van der Waals surface area contributed by atoms with E-state index in [0.29, 0.717) is 17.5 Å².